The molecule has 1 aliphatic heterocycles. The minimum atomic E-state index is 0.827. The molecule has 1 saturated heterocycles. The average Bonchev–Trinajstić information content (AvgIpc) is 2.51. The molecule has 21 heavy (non-hydrogen) atoms. The van der Waals surface area contributed by atoms with E-state index in [1.54, 1.807) is 6.33 Å². The van der Waals surface area contributed by atoms with E-state index in [1.165, 1.54) is 18.4 Å². The minimum absolute atomic E-state index is 0.827. The maximum atomic E-state index is 4.42. The number of anilines is 3. The van der Waals surface area contributed by atoms with Gasteiger partial charge in [0.05, 0.1) is 0 Å². The standard InChI is InChI=1S/C17H22N4/c1-13-3-5-15(6-4-13)20-16-11-17(19-12-18-16)21-9-7-14(2)8-10-21/h3-6,11-12,14H,7-10H2,1-2H3,(H,18,19,20). The number of aromatic nitrogens is 2. The third kappa shape index (κ3) is 3.51. The van der Waals surface area contributed by atoms with Crippen LogP contribution >= 0.6 is 0 Å². The summed E-state index contributed by atoms with van der Waals surface area (Å²) in [5.41, 5.74) is 2.31. The molecule has 1 aromatic carbocycles. The fourth-order valence-electron chi connectivity index (χ4n) is 2.61. The monoisotopic (exact) mass is 282 g/mol. The van der Waals surface area contributed by atoms with E-state index < -0.39 is 0 Å². The van der Waals surface area contributed by atoms with Gasteiger partial charge in [0.1, 0.15) is 18.0 Å². The molecular weight excluding hydrogens is 260 g/mol. The van der Waals surface area contributed by atoms with Crippen LogP contribution in [0.3, 0.4) is 0 Å². The van der Waals surface area contributed by atoms with Crippen molar-refractivity contribution in [1.29, 1.82) is 0 Å². The van der Waals surface area contributed by atoms with Crippen molar-refractivity contribution < 1.29 is 0 Å². The fraction of sp³-hybridized carbons (Fsp3) is 0.412. The Hall–Kier alpha value is -2.10. The molecule has 110 valence electrons. The quantitative estimate of drug-likeness (QED) is 0.930. The first-order chi connectivity index (χ1) is 10.2. The zero-order chi connectivity index (χ0) is 14.7. The summed E-state index contributed by atoms with van der Waals surface area (Å²) < 4.78 is 0. The van der Waals surface area contributed by atoms with Gasteiger partial charge in [-0.15, -0.1) is 0 Å². The van der Waals surface area contributed by atoms with Crippen LogP contribution in [-0.4, -0.2) is 23.1 Å². The number of aryl methyl sites for hydroxylation is 1. The maximum Gasteiger partial charge on any atom is 0.135 e. The summed E-state index contributed by atoms with van der Waals surface area (Å²) in [7, 11) is 0. The van der Waals surface area contributed by atoms with Crippen molar-refractivity contribution in [2.24, 2.45) is 5.92 Å². The van der Waals surface area contributed by atoms with Crippen molar-refractivity contribution in [3.63, 3.8) is 0 Å². The lowest BCUT2D eigenvalue weighted by Gasteiger charge is -2.31. The number of nitrogens with zero attached hydrogens (tertiary/aromatic N) is 3. The lowest BCUT2D eigenvalue weighted by molar-refractivity contribution is 0.436. The highest BCUT2D eigenvalue weighted by molar-refractivity contribution is 5.59. The summed E-state index contributed by atoms with van der Waals surface area (Å²) in [6, 6.07) is 10.4. The Morgan fingerprint density at radius 1 is 1.10 bits per heavy atom. The molecule has 0 atom stereocenters. The summed E-state index contributed by atoms with van der Waals surface area (Å²) in [5.74, 6) is 2.70. The first-order valence-corrected chi connectivity index (χ1v) is 7.61. The second-order valence-electron chi connectivity index (χ2n) is 5.92. The van der Waals surface area contributed by atoms with E-state index in [4.69, 9.17) is 0 Å². The third-order valence-electron chi connectivity index (χ3n) is 4.08. The molecule has 1 N–H and O–H groups in total. The Labute approximate surface area is 126 Å². The first-order valence-electron chi connectivity index (χ1n) is 7.61. The van der Waals surface area contributed by atoms with E-state index >= 15 is 0 Å². The Morgan fingerprint density at radius 2 is 1.81 bits per heavy atom. The van der Waals surface area contributed by atoms with Crippen LogP contribution in [0, 0.1) is 12.8 Å². The number of nitrogens with one attached hydrogen (secondary N) is 1. The van der Waals surface area contributed by atoms with Crippen molar-refractivity contribution in [3.05, 3.63) is 42.2 Å². The van der Waals surface area contributed by atoms with Gasteiger partial charge in [-0.3, -0.25) is 0 Å². The molecule has 1 fully saturated rings. The summed E-state index contributed by atoms with van der Waals surface area (Å²) in [5, 5.41) is 3.34. The molecular formula is C17H22N4. The highest BCUT2D eigenvalue weighted by atomic mass is 15.2. The highest BCUT2D eigenvalue weighted by Gasteiger charge is 2.17. The number of hydrogen-bond donors (Lipinski definition) is 1. The topological polar surface area (TPSA) is 41.0 Å². The average molecular weight is 282 g/mol. The molecule has 1 aromatic heterocycles. The largest absolute Gasteiger partial charge is 0.356 e. The zero-order valence-corrected chi connectivity index (χ0v) is 12.7. The zero-order valence-electron chi connectivity index (χ0n) is 12.7. The second kappa shape index (κ2) is 6.12. The molecule has 0 saturated carbocycles. The Bertz CT molecular complexity index is 586. The van der Waals surface area contributed by atoms with Gasteiger partial charge in [-0.05, 0) is 37.8 Å². The molecule has 0 radical (unpaired) electrons. The van der Waals surface area contributed by atoms with Crippen LogP contribution in [-0.2, 0) is 0 Å². The molecule has 0 amide bonds. The molecule has 0 aliphatic carbocycles. The van der Waals surface area contributed by atoms with Crippen LogP contribution < -0.4 is 10.2 Å². The molecule has 4 heteroatoms. The van der Waals surface area contributed by atoms with Crippen molar-refractivity contribution in [3.8, 4) is 0 Å². The molecule has 0 spiro atoms. The van der Waals surface area contributed by atoms with E-state index in [1.807, 2.05) is 6.07 Å². The first kappa shape index (κ1) is 13.9. The molecule has 4 nitrogen and oxygen atoms in total. The van der Waals surface area contributed by atoms with E-state index in [0.29, 0.717) is 0 Å². The molecule has 0 unspecified atom stereocenters. The van der Waals surface area contributed by atoms with Gasteiger partial charge in [-0.25, -0.2) is 9.97 Å². The fourth-order valence-corrected chi connectivity index (χ4v) is 2.61. The maximum absolute atomic E-state index is 4.42. The predicted molar refractivity (Wildman–Crippen MR) is 87.1 cm³/mol. The van der Waals surface area contributed by atoms with Gasteiger partial charge in [0, 0.05) is 24.8 Å². The van der Waals surface area contributed by atoms with E-state index in [0.717, 1.165) is 36.3 Å². The van der Waals surface area contributed by atoms with Crippen molar-refractivity contribution in [2.75, 3.05) is 23.3 Å². The molecule has 3 rings (SSSR count). The summed E-state index contributed by atoms with van der Waals surface area (Å²) in [6.07, 6.45) is 4.12. The smallest absolute Gasteiger partial charge is 0.135 e. The van der Waals surface area contributed by atoms with Crippen LogP contribution in [0.25, 0.3) is 0 Å². The second-order valence-corrected chi connectivity index (χ2v) is 5.92. The predicted octanol–water partition coefficient (Wildman–Crippen LogP) is 3.76. The van der Waals surface area contributed by atoms with Crippen LogP contribution in [0.15, 0.2) is 36.7 Å². The molecule has 0 bridgehead atoms. The molecule has 2 aromatic rings. The van der Waals surface area contributed by atoms with Gasteiger partial charge in [0.2, 0.25) is 0 Å². The van der Waals surface area contributed by atoms with E-state index in [-0.39, 0.29) is 0 Å². The summed E-state index contributed by atoms with van der Waals surface area (Å²) >= 11 is 0. The third-order valence-corrected chi connectivity index (χ3v) is 4.08. The summed E-state index contributed by atoms with van der Waals surface area (Å²) in [6.45, 7) is 6.58. The van der Waals surface area contributed by atoms with Crippen molar-refractivity contribution >= 4 is 17.3 Å². The van der Waals surface area contributed by atoms with E-state index in [2.05, 4.69) is 58.3 Å². The number of hydrogen-bond acceptors (Lipinski definition) is 4. The SMILES string of the molecule is Cc1ccc(Nc2cc(N3CCC(C)CC3)ncn2)cc1. The van der Waals surface area contributed by atoms with Crippen molar-refractivity contribution in [2.45, 2.75) is 26.7 Å². The molecule has 2 heterocycles. The van der Waals surface area contributed by atoms with Gasteiger partial charge >= 0.3 is 0 Å². The number of piperidine rings is 1. The van der Waals surface area contributed by atoms with Crippen LogP contribution in [0.2, 0.25) is 0 Å². The van der Waals surface area contributed by atoms with Gasteiger partial charge < -0.3 is 10.2 Å². The van der Waals surface area contributed by atoms with Crippen LogP contribution in [0.1, 0.15) is 25.3 Å². The van der Waals surface area contributed by atoms with E-state index in [9.17, 15) is 0 Å². The van der Waals surface area contributed by atoms with Gasteiger partial charge in [0.25, 0.3) is 0 Å². The van der Waals surface area contributed by atoms with Gasteiger partial charge in [-0.1, -0.05) is 24.6 Å². The van der Waals surface area contributed by atoms with Gasteiger partial charge in [-0.2, -0.15) is 0 Å². The number of rotatable bonds is 3. The van der Waals surface area contributed by atoms with Gasteiger partial charge in [0.15, 0.2) is 0 Å². The highest BCUT2D eigenvalue weighted by Crippen LogP contribution is 2.23. The van der Waals surface area contributed by atoms with Crippen molar-refractivity contribution in [1.82, 2.24) is 9.97 Å². The molecule has 1 aliphatic rings. The minimum Gasteiger partial charge on any atom is -0.356 e. The Balaban J connectivity index is 1.72. The Kier molecular flexibility index (Phi) is 4.04. The van der Waals surface area contributed by atoms with Crippen LogP contribution in [0.4, 0.5) is 17.3 Å². The normalized spacial score (nSPS) is 16.0. The van der Waals surface area contributed by atoms with Crippen LogP contribution in [0.5, 0.6) is 0 Å². The Morgan fingerprint density at radius 3 is 2.52 bits per heavy atom. The lowest BCUT2D eigenvalue weighted by atomic mass is 9.99. The summed E-state index contributed by atoms with van der Waals surface area (Å²) in [4.78, 5) is 11.1. The number of benzene rings is 1. The lowest BCUT2D eigenvalue weighted by Crippen LogP contribution is -2.33.